The zero-order chi connectivity index (χ0) is 16.5. The molecule has 4 atom stereocenters. The van der Waals surface area contributed by atoms with Crippen molar-refractivity contribution in [1.82, 2.24) is 0 Å². The van der Waals surface area contributed by atoms with Crippen LogP contribution in [0.3, 0.4) is 0 Å². The molecule has 4 unspecified atom stereocenters. The summed E-state index contributed by atoms with van der Waals surface area (Å²) in [6.45, 7) is 16.8. The summed E-state index contributed by atoms with van der Waals surface area (Å²) in [5, 5.41) is 0. The smallest absolute Gasteiger partial charge is 0.176 e. The van der Waals surface area contributed by atoms with E-state index >= 15 is 0 Å². The predicted octanol–water partition coefficient (Wildman–Crippen LogP) is 4.35. The number of fused-ring (bicyclic) bond motifs is 2. The SMILES string of the molecule is C[SiH2]O[Si](C)(C)CCC1CC2CC1CC2[Si](C)(C)O[SiH](C)C. The van der Waals surface area contributed by atoms with Crippen molar-refractivity contribution in [2.45, 2.75) is 83.1 Å². The van der Waals surface area contributed by atoms with Crippen molar-refractivity contribution in [3.63, 3.8) is 0 Å². The van der Waals surface area contributed by atoms with Gasteiger partial charge in [-0.25, -0.2) is 0 Å². The molecule has 0 N–H and O–H groups in total. The van der Waals surface area contributed by atoms with Crippen LogP contribution in [-0.4, -0.2) is 35.4 Å². The fourth-order valence-electron chi connectivity index (χ4n) is 5.29. The van der Waals surface area contributed by atoms with Gasteiger partial charge in [-0.3, -0.25) is 0 Å². The van der Waals surface area contributed by atoms with E-state index in [1.54, 1.807) is 0 Å². The maximum atomic E-state index is 6.52. The Morgan fingerprint density at radius 2 is 1.73 bits per heavy atom. The van der Waals surface area contributed by atoms with Crippen molar-refractivity contribution < 1.29 is 8.23 Å². The highest BCUT2D eigenvalue weighted by Crippen LogP contribution is 2.59. The Morgan fingerprint density at radius 1 is 1.05 bits per heavy atom. The van der Waals surface area contributed by atoms with E-state index in [0.29, 0.717) is 0 Å². The Labute approximate surface area is 144 Å². The van der Waals surface area contributed by atoms with Gasteiger partial charge in [0, 0.05) is 0 Å². The first-order chi connectivity index (χ1) is 10.1. The van der Waals surface area contributed by atoms with Crippen LogP contribution in [0.15, 0.2) is 0 Å². The summed E-state index contributed by atoms with van der Waals surface area (Å²) in [7, 11) is -3.87. The lowest BCUT2D eigenvalue weighted by Crippen LogP contribution is -2.43. The van der Waals surface area contributed by atoms with E-state index in [9.17, 15) is 0 Å². The van der Waals surface area contributed by atoms with Crippen LogP contribution in [0.4, 0.5) is 0 Å². The van der Waals surface area contributed by atoms with Gasteiger partial charge in [0.15, 0.2) is 25.7 Å². The average molecular weight is 375 g/mol. The van der Waals surface area contributed by atoms with Gasteiger partial charge in [0.25, 0.3) is 0 Å². The lowest BCUT2D eigenvalue weighted by molar-refractivity contribution is 0.308. The number of rotatable bonds is 8. The van der Waals surface area contributed by atoms with Gasteiger partial charge in [-0.1, -0.05) is 13.0 Å². The van der Waals surface area contributed by atoms with E-state index in [2.05, 4.69) is 45.8 Å². The van der Waals surface area contributed by atoms with Gasteiger partial charge in [-0.05, 0) is 87.9 Å². The standard InChI is InChI=1S/C16H38O2Si4/c1-19-17-21(4,5)9-8-13-10-15-11-14(13)12-16(15)22(6,7)18-20(2)3/h13-16,20H,8-12,19H2,1-7H3. The monoisotopic (exact) mass is 374 g/mol. The second-order valence-electron chi connectivity index (χ2n) is 9.10. The van der Waals surface area contributed by atoms with E-state index < -0.39 is 25.7 Å². The highest BCUT2D eigenvalue weighted by atomic mass is 28.4. The summed E-state index contributed by atoms with van der Waals surface area (Å²) in [5.74, 6) is 3.02. The summed E-state index contributed by atoms with van der Waals surface area (Å²) < 4.78 is 12.7. The van der Waals surface area contributed by atoms with E-state index in [1.165, 1.54) is 31.7 Å². The summed E-state index contributed by atoms with van der Waals surface area (Å²) >= 11 is 0. The molecule has 6 heteroatoms. The largest absolute Gasteiger partial charge is 0.461 e. The van der Waals surface area contributed by atoms with E-state index in [4.69, 9.17) is 8.23 Å². The molecule has 0 aromatic carbocycles. The fraction of sp³-hybridized carbons (Fsp3) is 1.00. The molecule has 0 aromatic heterocycles. The van der Waals surface area contributed by atoms with Crippen molar-refractivity contribution in [2.24, 2.45) is 17.8 Å². The molecule has 0 aromatic rings. The Bertz CT molecular complexity index is 373. The normalized spacial score (nSPS) is 32.7. The maximum Gasteiger partial charge on any atom is 0.176 e. The molecule has 2 saturated carbocycles. The topological polar surface area (TPSA) is 18.5 Å². The van der Waals surface area contributed by atoms with Crippen LogP contribution in [0.5, 0.6) is 0 Å². The molecular weight excluding hydrogens is 337 g/mol. The van der Waals surface area contributed by atoms with Crippen LogP contribution in [0, 0.1) is 17.8 Å². The van der Waals surface area contributed by atoms with Crippen molar-refractivity contribution in [3.05, 3.63) is 0 Å². The molecule has 2 fully saturated rings. The highest BCUT2D eigenvalue weighted by molar-refractivity contribution is 6.79. The lowest BCUT2D eigenvalue weighted by Gasteiger charge is -2.39. The van der Waals surface area contributed by atoms with Gasteiger partial charge >= 0.3 is 0 Å². The molecule has 0 saturated heterocycles. The van der Waals surface area contributed by atoms with Gasteiger partial charge in [0.1, 0.15) is 9.76 Å². The van der Waals surface area contributed by atoms with Crippen molar-refractivity contribution in [2.75, 3.05) is 0 Å². The molecule has 0 radical (unpaired) electrons. The Kier molecular flexibility index (Phi) is 6.39. The predicted molar refractivity (Wildman–Crippen MR) is 108 cm³/mol. The molecule has 2 bridgehead atoms. The quantitative estimate of drug-likeness (QED) is 0.588. The second kappa shape index (κ2) is 7.35. The minimum absolute atomic E-state index is 0.225. The van der Waals surface area contributed by atoms with Crippen LogP contribution < -0.4 is 0 Å². The molecule has 0 aliphatic heterocycles. The van der Waals surface area contributed by atoms with Crippen LogP contribution in [-0.2, 0) is 8.23 Å². The molecule has 22 heavy (non-hydrogen) atoms. The first-order valence-electron chi connectivity index (χ1n) is 9.46. The van der Waals surface area contributed by atoms with Crippen LogP contribution in [0.1, 0.15) is 25.7 Å². The van der Waals surface area contributed by atoms with Gasteiger partial charge in [-0.2, -0.15) is 0 Å². The number of hydrogen-bond donors (Lipinski definition) is 0. The molecule has 2 aliphatic carbocycles. The zero-order valence-electron chi connectivity index (χ0n) is 15.9. The Morgan fingerprint density at radius 3 is 2.23 bits per heavy atom. The third-order valence-electron chi connectivity index (χ3n) is 6.09. The van der Waals surface area contributed by atoms with E-state index in [1.807, 2.05) is 0 Å². The van der Waals surface area contributed by atoms with Gasteiger partial charge < -0.3 is 8.23 Å². The molecule has 0 spiro atoms. The fourth-order valence-corrected chi connectivity index (χ4v) is 17.9. The van der Waals surface area contributed by atoms with E-state index in [-0.39, 0.29) is 9.76 Å². The lowest BCUT2D eigenvalue weighted by atomic mass is 9.86. The van der Waals surface area contributed by atoms with Crippen LogP contribution >= 0.6 is 0 Å². The van der Waals surface area contributed by atoms with Gasteiger partial charge in [0.2, 0.25) is 0 Å². The molecule has 0 heterocycles. The van der Waals surface area contributed by atoms with Crippen molar-refractivity contribution in [1.29, 1.82) is 0 Å². The Hall–Kier alpha value is 0.788. The highest BCUT2D eigenvalue weighted by Gasteiger charge is 2.52. The summed E-state index contributed by atoms with van der Waals surface area (Å²) in [5.41, 5.74) is 0.952. The van der Waals surface area contributed by atoms with Gasteiger partial charge in [-0.15, -0.1) is 0 Å². The molecule has 2 rings (SSSR count). The van der Waals surface area contributed by atoms with Gasteiger partial charge in [0.05, 0.1) is 0 Å². The third kappa shape index (κ3) is 4.66. The minimum atomic E-state index is -1.44. The third-order valence-corrected chi connectivity index (χ3v) is 18.7. The molecule has 2 nitrogen and oxygen atoms in total. The second-order valence-corrected chi connectivity index (χ2v) is 21.8. The van der Waals surface area contributed by atoms with Crippen LogP contribution in [0.25, 0.3) is 0 Å². The average Bonchev–Trinajstić information content (AvgIpc) is 2.94. The Balaban J connectivity index is 1.85. The van der Waals surface area contributed by atoms with Crippen molar-refractivity contribution in [3.8, 4) is 0 Å². The minimum Gasteiger partial charge on any atom is -0.461 e. The summed E-state index contributed by atoms with van der Waals surface area (Å²) in [4.78, 5) is 0. The summed E-state index contributed by atoms with van der Waals surface area (Å²) in [6, 6.07) is 1.39. The van der Waals surface area contributed by atoms with Crippen LogP contribution in [0.2, 0.25) is 57.4 Å². The molecule has 0 amide bonds. The van der Waals surface area contributed by atoms with Crippen molar-refractivity contribution >= 4 is 35.4 Å². The molecular formula is C16H38O2Si4. The first-order valence-corrected chi connectivity index (χ1v) is 20.3. The number of hydrogen-bond acceptors (Lipinski definition) is 2. The first kappa shape index (κ1) is 19.1. The molecule has 130 valence electrons. The summed E-state index contributed by atoms with van der Waals surface area (Å²) in [6.07, 6.45) is 5.95. The molecule has 2 aliphatic rings. The van der Waals surface area contributed by atoms with E-state index in [0.717, 1.165) is 23.3 Å². The zero-order valence-corrected chi connectivity index (χ0v) is 20.5. The maximum absolute atomic E-state index is 6.52.